The minimum Gasteiger partial charge on any atom is -0.345 e. The zero-order valence-corrected chi connectivity index (χ0v) is 19.6. The number of aryl methyl sites for hydroxylation is 3. The zero-order chi connectivity index (χ0) is 23.9. The van der Waals surface area contributed by atoms with E-state index < -0.39 is 17.8 Å². The molecule has 7 nitrogen and oxygen atoms in total. The van der Waals surface area contributed by atoms with Crippen molar-refractivity contribution in [2.45, 2.75) is 40.0 Å². The maximum atomic E-state index is 13.8. The van der Waals surface area contributed by atoms with Crippen LogP contribution >= 0.6 is 15.9 Å². The van der Waals surface area contributed by atoms with Gasteiger partial charge in [0.05, 0.1) is 22.4 Å². The Hall–Kier alpha value is -3.21. The molecule has 0 atom stereocenters. The van der Waals surface area contributed by atoms with Gasteiger partial charge in [-0.25, -0.2) is 9.50 Å². The van der Waals surface area contributed by atoms with E-state index in [4.69, 9.17) is 0 Å². The maximum absolute atomic E-state index is 13.8. The van der Waals surface area contributed by atoms with Crippen LogP contribution in [0.25, 0.3) is 16.9 Å². The highest BCUT2D eigenvalue weighted by Crippen LogP contribution is 2.32. The number of fused-ring (bicyclic) bond motifs is 1. The van der Waals surface area contributed by atoms with Gasteiger partial charge in [0.1, 0.15) is 0 Å². The van der Waals surface area contributed by atoms with Gasteiger partial charge in [0.15, 0.2) is 17.0 Å². The van der Waals surface area contributed by atoms with Crippen LogP contribution in [0.2, 0.25) is 0 Å². The van der Waals surface area contributed by atoms with Crippen molar-refractivity contribution < 1.29 is 18.0 Å². The number of halogens is 4. The molecular weight excluding hydrogens is 501 g/mol. The van der Waals surface area contributed by atoms with E-state index in [1.165, 1.54) is 6.07 Å². The van der Waals surface area contributed by atoms with Crippen molar-refractivity contribution in [3.63, 3.8) is 0 Å². The number of nitrogens with one attached hydrogen (secondary N) is 1. The second kappa shape index (κ2) is 8.62. The van der Waals surface area contributed by atoms with Gasteiger partial charge in [-0.3, -0.25) is 9.48 Å². The topological polar surface area (TPSA) is 77.1 Å². The van der Waals surface area contributed by atoms with Crippen LogP contribution in [0.1, 0.15) is 39.9 Å². The average Bonchev–Trinajstić information content (AvgIpc) is 3.35. The quantitative estimate of drug-likeness (QED) is 0.404. The number of nitrogens with zero attached hydrogens (tertiary/aromatic N) is 5. The van der Waals surface area contributed by atoms with Crippen molar-refractivity contribution in [1.29, 1.82) is 0 Å². The summed E-state index contributed by atoms with van der Waals surface area (Å²) < 4.78 is 44.5. The molecule has 4 rings (SSSR count). The second-order valence-corrected chi connectivity index (χ2v) is 8.44. The lowest BCUT2D eigenvalue weighted by Crippen LogP contribution is -2.24. The number of carbonyl (C=O) groups excluding carboxylic acids is 1. The average molecular weight is 521 g/mol. The Morgan fingerprint density at radius 3 is 2.52 bits per heavy atom. The fraction of sp³-hybridized carbons (Fsp3) is 0.273. The number of aromatic nitrogens is 5. The fourth-order valence-electron chi connectivity index (χ4n) is 3.31. The lowest BCUT2D eigenvalue weighted by Gasteiger charge is -2.11. The Balaban J connectivity index is 1.69. The molecule has 0 radical (unpaired) electrons. The number of benzene rings is 1. The van der Waals surface area contributed by atoms with E-state index in [1.54, 1.807) is 23.0 Å². The molecule has 0 aliphatic rings. The van der Waals surface area contributed by atoms with Gasteiger partial charge in [-0.05, 0) is 60.0 Å². The Bertz CT molecular complexity index is 1360. The number of alkyl halides is 3. The van der Waals surface area contributed by atoms with Gasteiger partial charge < -0.3 is 5.32 Å². The molecular formula is C22H20BrF3N6O. The van der Waals surface area contributed by atoms with E-state index in [0.29, 0.717) is 22.3 Å². The first-order valence-corrected chi connectivity index (χ1v) is 10.9. The Morgan fingerprint density at radius 2 is 1.88 bits per heavy atom. The van der Waals surface area contributed by atoms with E-state index in [1.807, 2.05) is 26.8 Å². The van der Waals surface area contributed by atoms with E-state index in [9.17, 15) is 18.0 Å². The minimum atomic E-state index is -4.69. The summed E-state index contributed by atoms with van der Waals surface area (Å²) in [6.07, 6.45) is -2.91. The summed E-state index contributed by atoms with van der Waals surface area (Å²) in [5.74, 6) is -0.626. The lowest BCUT2D eigenvalue weighted by molar-refractivity contribution is -0.142. The van der Waals surface area contributed by atoms with Crippen LogP contribution in [0, 0.1) is 13.8 Å². The third kappa shape index (κ3) is 4.63. The Kier molecular flexibility index (Phi) is 6.00. The van der Waals surface area contributed by atoms with Crippen LogP contribution in [-0.2, 0) is 19.3 Å². The molecule has 0 aliphatic heterocycles. The van der Waals surface area contributed by atoms with E-state index >= 15 is 0 Å². The lowest BCUT2D eigenvalue weighted by atomic mass is 10.0. The van der Waals surface area contributed by atoms with Crippen LogP contribution in [0.15, 0.2) is 41.0 Å². The normalized spacial score (nSPS) is 11.8. The van der Waals surface area contributed by atoms with Gasteiger partial charge in [-0.1, -0.05) is 12.1 Å². The second-order valence-electron chi connectivity index (χ2n) is 7.59. The molecule has 11 heteroatoms. The van der Waals surface area contributed by atoms with Gasteiger partial charge in [-0.2, -0.15) is 23.4 Å². The minimum absolute atomic E-state index is 0.0698. The highest BCUT2D eigenvalue weighted by molar-refractivity contribution is 9.10. The number of hydrogen-bond acceptors (Lipinski definition) is 4. The summed E-state index contributed by atoms with van der Waals surface area (Å²) in [5, 5.41) is 10.8. The molecule has 1 amide bonds. The summed E-state index contributed by atoms with van der Waals surface area (Å²) >= 11 is 3.37. The van der Waals surface area contributed by atoms with Crippen LogP contribution in [0.3, 0.4) is 0 Å². The zero-order valence-electron chi connectivity index (χ0n) is 18.0. The summed E-state index contributed by atoms with van der Waals surface area (Å²) in [7, 11) is 0. The number of hydrogen-bond donors (Lipinski definition) is 1. The van der Waals surface area contributed by atoms with Gasteiger partial charge in [-0.15, -0.1) is 0 Å². The van der Waals surface area contributed by atoms with Crippen LogP contribution in [-0.4, -0.2) is 30.3 Å². The predicted molar refractivity (Wildman–Crippen MR) is 120 cm³/mol. The van der Waals surface area contributed by atoms with Crippen LogP contribution in [0.5, 0.6) is 0 Å². The van der Waals surface area contributed by atoms with Crippen molar-refractivity contribution >= 4 is 27.5 Å². The predicted octanol–water partition coefficient (Wildman–Crippen LogP) is 4.94. The summed E-state index contributed by atoms with van der Waals surface area (Å²) in [6, 6.07) is 7.52. The molecule has 3 heterocycles. The number of amides is 1. The summed E-state index contributed by atoms with van der Waals surface area (Å²) in [5.41, 5.74) is 2.01. The van der Waals surface area contributed by atoms with Crippen molar-refractivity contribution in [3.05, 3.63) is 69.2 Å². The first-order chi connectivity index (χ1) is 15.6. The standard InChI is InChI=1S/C22H20BrF3N6O/c1-4-31-11-15(23)18(29-31)10-27-21(33)17-9-20-28-16(14-6-5-12(2)13(3)7-14)8-19(22(24,25)26)32(20)30-17/h5-9,11H,4,10H2,1-3H3,(H,27,33). The Morgan fingerprint density at radius 1 is 1.12 bits per heavy atom. The summed E-state index contributed by atoms with van der Waals surface area (Å²) in [4.78, 5) is 17.0. The van der Waals surface area contributed by atoms with Crippen molar-refractivity contribution in [1.82, 2.24) is 29.7 Å². The molecule has 1 aromatic carbocycles. The van der Waals surface area contributed by atoms with E-state index in [2.05, 4.69) is 36.4 Å². The third-order valence-electron chi connectivity index (χ3n) is 5.28. The molecule has 0 spiro atoms. The monoisotopic (exact) mass is 520 g/mol. The smallest absolute Gasteiger partial charge is 0.345 e. The molecule has 172 valence electrons. The molecule has 33 heavy (non-hydrogen) atoms. The molecule has 0 saturated carbocycles. The van der Waals surface area contributed by atoms with Gasteiger partial charge >= 0.3 is 6.18 Å². The molecule has 1 N–H and O–H groups in total. The van der Waals surface area contributed by atoms with Gasteiger partial charge in [0, 0.05) is 24.4 Å². The van der Waals surface area contributed by atoms with Crippen LogP contribution in [0.4, 0.5) is 13.2 Å². The number of carbonyl (C=O) groups is 1. The SMILES string of the molecule is CCn1cc(Br)c(CNC(=O)c2cc3nc(-c4ccc(C)c(C)c4)cc(C(F)(F)F)n3n2)n1. The van der Waals surface area contributed by atoms with Crippen molar-refractivity contribution in [2.75, 3.05) is 0 Å². The first-order valence-electron chi connectivity index (χ1n) is 10.1. The van der Waals surface area contributed by atoms with Gasteiger partial charge in [0.25, 0.3) is 5.91 Å². The largest absolute Gasteiger partial charge is 0.433 e. The third-order valence-corrected chi connectivity index (χ3v) is 5.94. The fourth-order valence-corrected chi connectivity index (χ4v) is 3.77. The molecule has 0 saturated heterocycles. The molecule has 3 aromatic heterocycles. The van der Waals surface area contributed by atoms with Crippen molar-refractivity contribution in [3.8, 4) is 11.3 Å². The molecule has 0 aliphatic carbocycles. The van der Waals surface area contributed by atoms with Crippen molar-refractivity contribution in [2.24, 2.45) is 0 Å². The highest BCUT2D eigenvalue weighted by Gasteiger charge is 2.35. The first kappa shape index (κ1) is 23.0. The van der Waals surface area contributed by atoms with E-state index in [0.717, 1.165) is 21.7 Å². The van der Waals surface area contributed by atoms with Gasteiger partial charge in [0.2, 0.25) is 0 Å². The summed E-state index contributed by atoms with van der Waals surface area (Å²) in [6.45, 7) is 6.48. The van der Waals surface area contributed by atoms with E-state index in [-0.39, 0.29) is 23.6 Å². The van der Waals surface area contributed by atoms with Crippen LogP contribution < -0.4 is 5.32 Å². The number of rotatable bonds is 5. The highest BCUT2D eigenvalue weighted by atomic mass is 79.9. The molecule has 4 aromatic rings. The molecule has 0 unspecified atom stereocenters. The molecule has 0 fully saturated rings. The Labute approximate surface area is 195 Å². The maximum Gasteiger partial charge on any atom is 0.433 e. The molecule has 0 bridgehead atoms.